The van der Waals surface area contributed by atoms with E-state index in [2.05, 4.69) is 11.9 Å². The molecule has 6 N–H and O–H groups in total. The average Bonchev–Trinajstić information content (AvgIpc) is 3.62. The topological polar surface area (TPSA) is 181 Å². The molecule has 3 fully saturated rings. The zero-order chi connectivity index (χ0) is 25.0. The van der Waals surface area contributed by atoms with Gasteiger partial charge in [0.2, 0.25) is 0 Å². The summed E-state index contributed by atoms with van der Waals surface area (Å²) in [5.74, 6) is -0.915. The van der Waals surface area contributed by atoms with E-state index in [0.717, 1.165) is 18.4 Å². The summed E-state index contributed by atoms with van der Waals surface area (Å²) in [7, 11) is 2.13. The number of esters is 1. The summed E-state index contributed by atoms with van der Waals surface area (Å²) in [6, 6.07) is 10.1. The number of rotatable bonds is 9. The average molecular weight is 564 g/mol. The minimum Gasteiger partial charge on any atom is -0.462 e. The number of benzene rings is 1. The van der Waals surface area contributed by atoms with Gasteiger partial charge in [-0.05, 0) is 12.6 Å². The summed E-state index contributed by atoms with van der Waals surface area (Å²) < 4.78 is 11.4. The fourth-order valence-electron chi connectivity index (χ4n) is 4.66. The molecular weight excluding hydrogens is 530 g/mol. The van der Waals surface area contributed by atoms with Crippen molar-refractivity contribution >= 4 is 29.2 Å². The zero-order valence-electron chi connectivity index (χ0n) is 19.2. The van der Waals surface area contributed by atoms with E-state index in [1.165, 1.54) is 0 Å². The molecule has 0 aromatic heterocycles. The largest absolute Gasteiger partial charge is 0.462 e. The first kappa shape index (κ1) is 29.7. The second-order valence-corrected chi connectivity index (χ2v) is 8.90. The van der Waals surface area contributed by atoms with Crippen LogP contribution in [0.2, 0.25) is 0 Å². The van der Waals surface area contributed by atoms with Gasteiger partial charge in [-0.1, -0.05) is 30.3 Å². The van der Waals surface area contributed by atoms with Gasteiger partial charge in [-0.15, -0.1) is 17.0 Å². The molecule has 4 rings (SSSR count). The first-order valence-corrected chi connectivity index (χ1v) is 11.3. The van der Waals surface area contributed by atoms with Crippen molar-refractivity contribution < 1.29 is 49.7 Å². The van der Waals surface area contributed by atoms with Gasteiger partial charge in [0.05, 0.1) is 13.2 Å². The maximum atomic E-state index is 12.4. The maximum Gasteiger partial charge on any atom is 0.316 e. The van der Waals surface area contributed by atoms with E-state index < -0.39 is 36.9 Å². The lowest BCUT2D eigenvalue weighted by molar-refractivity contribution is -0.156. The fraction of sp³-hybridized carbons (Fsp3) is 0.652. The van der Waals surface area contributed by atoms with Crippen LogP contribution >= 0.6 is 17.0 Å². The van der Waals surface area contributed by atoms with Crippen LogP contribution in [0.15, 0.2) is 30.3 Å². The maximum absolute atomic E-state index is 12.4. The Labute approximate surface area is 213 Å². The van der Waals surface area contributed by atoms with Gasteiger partial charge in [-0.3, -0.25) is 9.69 Å². The predicted molar refractivity (Wildman–Crippen MR) is 127 cm³/mol. The first-order chi connectivity index (χ1) is 16.2. The van der Waals surface area contributed by atoms with Crippen LogP contribution in [0.1, 0.15) is 24.3 Å². The molecule has 3 heterocycles. The van der Waals surface area contributed by atoms with Gasteiger partial charge in [-0.25, -0.2) is 0 Å². The molecule has 1 aromatic carbocycles. The van der Waals surface area contributed by atoms with Gasteiger partial charge in [0.15, 0.2) is 6.29 Å². The molecule has 0 spiro atoms. The molecule has 0 amide bonds. The highest BCUT2D eigenvalue weighted by atomic mass is 79.9. The van der Waals surface area contributed by atoms with Gasteiger partial charge in [0, 0.05) is 24.9 Å². The highest BCUT2D eigenvalue weighted by Crippen LogP contribution is 2.48. The van der Waals surface area contributed by atoms with Crippen molar-refractivity contribution in [1.82, 2.24) is 4.90 Å². The molecule has 198 valence electrons. The highest BCUT2D eigenvalue weighted by molar-refractivity contribution is 8.93. The third kappa shape index (κ3) is 6.85. The lowest BCUT2D eigenvalue weighted by Gasteiger charge is -2.38. The van der Waals surface area contributed by atoms with E-state index in [1.807, 2.05) is 30.3 Å². The van der Waals surface area contributed by atoms with Crippen LogP contribution < -0.4 is 0 Å². The standard InChI is InChI=1S/C17H21NO4.C6H12O6.BrH/c1-18-13-7-11(8-14(18)16-15(13)22-16)21-17(20)12(9-19)10-5-3-2-4-6-10;7-1-3(9)5(11)6(12)4(10)2-8;/h2-6,11-16,19H,7-9H2,1H3;1,3-6,8-12H,2H2;1H/t11-,12-,13-,14+,15-,16+;3-,4+,5+,6+;/m10./s1. The molecule has 0 saturated carbocycles. The van der Waals surface area contributed by atoms with E-state index in [1.54, 1.807) is 0 Å². The van der Waals surface area contributed by atoms with E-state index >= 15 is 0 Å². The minimum absolute atomic E-state index is 0. The number of morpholine rings is 1. The van der Waals surface area contributed by atoms with E-state index in [0.29, 0.717) is 24.3 Å². The SMILES string of the molecule is Br.CN1[C@@H]2C[C@@H](OC(=O)[C@H](CO)c3ccccc3)C[C@H]1[C@@H]1O[C@@H]12.O=C[C@H](O)[C@@H](O)[C@H](O)[C@H](O)CO. The Balaban J connectivity index is 0.000000288. The number of halogens is 1. The number of aliphatic hydroxyl groups excluding tert-OH is 6. The summed E-state index contributed by atoms with van der Waals surface area (Å²) in [6.07, 6.45) is -4.58. The molecule has 11 nitrogen and oxygen atoms in total. The third-order valence-corrected chi connectivity index (χ3v) is 6.75. The summed E-state index contributed by atoms with van der Waals surface area (Å²) in [5.41, 5.74) is 0.803. The van der Waals surface area contributed by atoms with Gasteiger partial charge in [0.1, 0.15) is 48.6 Å². The van der Waals surface area contributed by atoms with Crippen LogP contribution in [0.3, 0.4) is 0 Å². The molecule has 12 heteroatoms. The van der Waals surface area contributed by atoms with Gasteiger partial charge >= 0.3 is 5.97 Å². The van der Waals surface area contributed by atoms with Crippen molar-refractivity contribution in [2.24, 2.45) is 0 Å². The number of carbonyl (C=O) groups is 2. The Morgan fingerprint density at radius 3 is 2.11 bits per heavy atom. The molecule has 2 bridgehead atoms. The van der Waals surface area contributed by atoms with Crippen LogP contribution in [0.4, 0.5) is 0 Å². The molecule has 10 atom stereocenters. The number of piperidine rings is 1. The number of fused-ring (bicyclic) bond motifs is 5. The summed E-state index contributed by atoms with van der Waals surface area (Å²) in [4.78, 5) is 24.7. The number of ether oxygens (including phenoxy) is 2. The van der Waals surface area contributed by atoms with Crippen molar-refractivity contribution in [2.45, 2.75) is 73.6 Å². The number of hydrogen-bond acceptors (Lipinski definition) is 11. The van der Waals surface area contributed by atoms with Gasteiger partial charge < -0.3 is 44.9 Å². The van der Waals surface area contributed by atoms with E-state index in [9.17, 15) is 14.7 Å². The van der Waals surface area contributed by atoms with Crippen molar-refractivity contribution in [2.75, 3.05) is 20.3 Å². The lowest BCUT2D eigenvalue weighted by Crippen LogP contribution is -2.48. The van der Waals surface area contributed by atoms with Crippen molar-refractivity contribution in [3.05, 3.63) is 35.9 Å². The van der Waals surface area contributed by atoms with Crippen LogP contribution in [0.25, 0.3) is 0 Å². The molecule has 35 heavy (non-hydrogen) atoms. The molecule has 3 aliphatic rings. The second-order valence-electron chi connectivity index (χ2n) is 8.90. The quantitative estimate of drug-likeness (QED) is 0.112. The lowest BCUT2D eigenvalue weighted by atomic mass is 9.97. The number of hydrogen-bond donors (Lipinski definition) is 6. The van der Waals surface area contributed by atoms with Crippen molar-refractivity contribution in [3.8, 4) is 0 Å². The molecular formula is C23H34BrNO10. The highest BCUT2D eigenvalue weighted by Gasteiger charge is 2.62. The second kappa shape index (κ2) is 13.2. The Morgan fingerprint density at radius 2 is 1.63 bits per heavy atom. The smallest absolute Gasteiger partial charge is 0.316 e. The number of epoxide rings is 1. The monoisotopic (exact) mass is 563 g/mol. The van der Waals surface area contributed by atoms with Crippen LogP contribution in [-0.2, 0) is 19.1 Å². The summed E-state index contributed by atoms with van der Waals surface area (Å²) >= 11 is 0. The number of aldehydes is 1. The Kier molecular flexibility index (Phi) is 11.2. The van der Waals surface area contributed by atoms with Crippen molar-refractivity contribution in [1.29, 1.82) is 0 Å². The summed E-state index contributed by atoms with van der Waals surface area (Å²) in [6.45, 7) is -0.986. The molecule has 0 aliphatic carbocycles. The van der Waals surface area contributed by atoms with Crippen molar-refractivity contribution in [3.63, 3.8) is 0 Å². The molecule has 1 aromatic rings. The van der Waals surface area contributed by atoms with Gasteiger partial charge in [-0.2, -0.15) is 0 Å². The first-order valence-electron chi connectivity index (χ1n) is 11.3. The molecule has 3 saturated heterocycles. The van der Waals surface area contributed by atoms with Crippen LogP contribution in [-0.4, -0.2) is 123 Å². The predicted octanol–water partition coefficient (Wildman–Crippen LogP) is -1.88. The van der Waals surface area contributed by atoms with Crippen LogP contribution in [0, 0.1) is 0 Å². The van der Waals surface area contributed by atoms with Gasteiger partial charge in [0.25, 0.3) is 0 Å². The van der Waals surface area contributed by atoms with E-state index in [-0.39, 0.29) is 41.9 Å². The Bertz CT molecular complexity index is 799. The fourth-order valence-corrected chi connectivity index (χ4v) is 4.66. The molecule has 0 radical (unpaired) electrons. The zero-order valence-corrected chi connectivity index (χ0v) is 21.0. The number of aliphatic hydroxyl groups is 6. The Hall–Kier alpha value is -1.48. The van der Waals surface area contributed by atoms with Crippen LogP contribution in [0.5, 0.6) is 0 Å². The number of likely N-dealkylation sites (N-methyl/N-ethyl adjacent to an activating group) is 1. The molecule has 3 aliphatic heterocycles. The number of nitrogens with zero attached hydrogens (tertiary/aromatic N) is 1. The molecule has 0 unspecified atom stereocenters. The van der Waals surface area contributed by atoms with E-state index in [4.69, 9.17) is 35.0 Å². The summed E-state index contributed by atoms with van der Waals surface area (Å²) in [5, 5.41) is 53.1. The third-order valence-electron chi connectivity index (χ3n) is 6.75. The Morgan fingerprint density at radius 1 is 1.06 bits per heavy atom. The minimum atomic E-state index is -1.79. The number of carbonyl (C=O) groups excluding carboxylic acids is 2. The normalized spacial score (nSPS) is 30.8.